The molecule has 0 bridgehead atoms. The van der Waals surface area contributed by atoms with E-state index in [4.69, 9.17) is 9.84 Å². The molecule has 7 nitrogen and oxygen atoms in total. The molecule has 1 amide bonds. The highest BCUT2D eigenvalue weighted by Crippen LogP contribution is 2.27. The van der Waals surface area contributed by atoms with Crippen molar-refractivity contribution >= 4 is 5.91 Å². The van der Waals surface area contributed by atoms with Crippen LogP contribution in [-0.2, 0) is 11.2 Å². The Morgan fingerprint density at radius 3 is 2.59 bits per heavy atom. The Kier molecular flexibility index (Phi) is 7.92. The molecule has 1 N–H and O–H groups in total. The van der Waals surface area contributed by atoms with Gasteiger partial charge in [-0.15, -0.1) is 0 Å². The Bertz CT molecular complexity index is 1090. The van der Waals surface area contributed by atoms with Crippen molar-refractivity contribution in [3.63, 3.8) is 0 Å². The number of halogens is 1. The van der Waals surface area contributed by atoms with E-state index in [2.05, 4.69) is 22.2 Å². The second-order valence-corrected chi connectivity index (χ2v) is 8.64. The third kappa shape index (κ3) is 6.21. The minimum Gasteiger partial charge on any atom is -0.497 e. The van der Waals surface area contributed by atoms with Crippen LogP contribution in [0, 0.1) is 5.82 Å². The van der Waals surface area contributed by atoms with Gasteiger partial charge in [-0.1, -0.05) is 12.1 Å². The van der Waals surface area contributed by atoms with E-state index >= 15 is 0 Å². The van der Waals surface area contributed by atoms with E-state index in [-0.39, 0.29) is 11.7 Å². The molecule has 0 unspecified atom stereocenters. The lowest BCUT2D eigenvalue weighted by Gasteiger charge is -2.32. The molecule has 3 aromatic rings. The van der Waals surface area contributed by atoms with Crippen molar-refractivity contribution in [3.05, 3.63) is 66.1 Å². The van der Waals surface area contributed by atoms with Crippen molar-refractivity contribution in [2.24, 2.45) is 0 Å². The quantitative estimate of drug-likeness (QED) is 0.527. The molecule has 1 fully saturated rings. The number of piperazine rings is 1. The smallest absolute Gasteiger partial charge is 0.220 e. The first-order chi connectivity index (χ1) is 16.5. The summed E-state index contributed by atoms with van der Waals surface area (Å²) < 4.78 is 20.6. The lowest BCUT2D eigenvalue weighted by molar-refractivity contribution is -0.121. The zero-order chi connectivity index (χ0) is 23.9. The molecular formula is C26H32FN5O2. The van der Waals surface area contributed by atoms with Crippen LogP contribution in [0.2, 0.25) is 0 Å². The number of hydrogen-bond donors (Lipinski definition) is 1. The molecule has 1 aromatic heterocycles. The van der Waals surface area contributed by atoms with Crippen LogP contribution >= 0.6 is 0 Å². The van der Waals surface area contributed by atoms with E-state index < -0.39 is 0 Å². The molecule has 4 rings (SSSR count). The normalized spacial score (nSPS) is 14.8. The number of ether oxygens (including phenoxy) is 1. The van der Waals surface area contributed by atoms with E-state index in [1.165, 1.54) is 12.1 Å². The van der Waals surface area contributed by atoms with Gasteiger partial charge in [-0.3, -0.25) is 9.69 Å². The monoisotopic (exact) mass is 465 g/mol. The Labute approximate surface area is 200 Å². The molecule has 180 valence electrons. The topological polar surface area (TPSA) is 62.6 Å². The van der Waals surface area contributed by atoms with E-state index in [1.54, 1.807) is 23.9 Å². The average Bonchev–Trinajstić information content (AvgIpc) is 3.29. The second-order valence-electron chi connectivity index (χ2n) is 8.64. The van der Waals surface area contributed by atoms with E-state index in [1.807, 2.05) is 30.3 Å². The van der Waals surface area contributed by atoms with Gasteiger partial charge in [-0.25, -0.2) is 9.07 Å². The summed E-state index contributed by atoms with van der Waals surface area (Å²) in [5, 5.41) is 7.77. The number of hydrogen-bond acceptors (Lipinski definition) is 5. The van der Waals surface area contributed by atoms with Crippen LogP contribution in [0.5, 0.6) is 5.75 Å². The number of methoxy groups -OCH3 is 1. The number of nitrogens with zero attached hydrogens (tertiary/aromatic N) is 4. The fourth-order valence-corrected chi connectivity index (χ4v) is 4.07. The summed E-state index contributed by atoms with van der Waals surface area (Å²) in [7, 11) is 3.76. The van der Waals surface area contributed by atoms with Crippen molar-refractivity contribution in [1.29, 1.82) is 0 Å². The second kappa shape index (κ2) is 11.3. The highest BCUT2D eigenvalue weighted by Gasteiger charge is 2.15. The molecule has 1 aliphatic heterocycles. The average molecular weight is 466 g/mol. The van der Waals surface area contributed by atoms with Crippen molar-refractivity contribution in [2.75, 3.05) is 53.4 Å². The lowest BCUT2D eigenvalue weighted by Crippen LogP contribution is -2.46. The maximum absolute atomic E-state index is 13.5. The Balaban J connectivity index is 1.41. The molecule has 8 heteroatoms. The number of carbonyl (C=O) groups excluding carboxylic acids is 1. The maximum atomic E-state index is 13.5. The van der Waals surface area contributed by atoms with Gasteiger partial charge in [0.25, 0.3) is 0 Å². The van der Waals surface area contributed by atoms with Crippen molar-refractivity contribution in [3.8, 4) is 22.7 Å². The number of carbonyl (C=O) groups is 1. The summed E-state index contributed by atoms with van der Waals surface area (Å²) in [6.07, 6.45) is 0.881. The summed E-state index contributed by atoms with van der Waals surface area (Å²) in [5.74, 6) is 0.464. The zero-order valence-electron chi connectivity index (χ0n) is 19.8. The summed E-state index contributed by atoms with van der Waals surface area (Å²) in [6, 6.07) is 15.9. The van der Waals surface area contributed by atoms with Crippen LogP contribution in [0.1, 0.15) is 12.1 Å². The maximum Gasteiger partial charge on any atom is 0.220 e. The molecule has 0 atom stereocenters. The van der Waals surface area contributed by atoms with Gasteiger partial charge in [0.15, 0.2) is 0 Å². The van der Waals surface area contributed by atoms with Gasteiger partial charge in [0.1, 0.15) is 11.6 Å². The van der Waals surface area contributed by atoms with Gasteiger partial charge in [0.05, 0.1) is 24.2 Å². The molecule has 1 saturated heterocycles. The van der Waals surface area contributed by atoms with Crippen LogP contribution in [0.15, 0.2) is 54.6 Å². The summed E-state index contributed by atoms with van der Waals surface area (Å²) in [6.45, 7) is 5.75. The zero-order valence-corrected chi connectivity index (χ0v) is 19.8. The van der Waals surface area contributed by atoms with Crippen LogP contribution in [-0.4, -0.2) is 78.9 Å². The standard InChI is InChI=1S/C26H32FN5O2/c1-30-14-16-31(17-15-30)13-12-28-26(33)11-8-22-19-25(20-4-3-5-24(18-20)34-2)32(29-22)23-9-6-21(27)7-10-23/h3-7,9-10,18-19H,8,11-17H2,1-2H3,(H,28,33). The Morgan fingerprint density at radius 1 is 1.09 bits per heavy atom. The summed E-state index contributed by atoms with van der Waals surface area (Å²) in [5.41, 5.74) is 3.34. The van der Waals surface area contributed by atoms with Gasteiger partial charge in [-0.05, 0) is 49.5 Å². The SMILES string of the molecule is COc1cccc(-c2cc(CCC(=O)NCCN3CCN(C)CC3)nn2-c2ccc(F)cc2)c1. The molecule has 34 heavy (non-hydrogen) atoms. The molecule has 2 aromatic carbocycles. The van der Waals surface area contributed by atoms with Crippen LogP contribution in [0.4, 0.5) is 4.39 Å². The molecule has 2 heterocycles. The van der Waals surface area contributed by atoms with Crippen LogP contribution in [0.25, 0.3) is 16.9 Å². The van der Waals surface area contributed by atoms with Crippen molar-refractivity contribution < 1.29 is 13.9 Å². The first kappa shape index (κ1) is 23.9. The Morgan fingerprint density at radius 2 is 1.85 bits per heavy atom. The number of nitrogens with one attached hydrogen (secondary N) is 1. The molecular weight excluding hydrogens is 433 g/mol. The van der Waals surface area contributed by atoms with E-state index in [9.17, 15) is 9.18 Å². The fraction of sp³-hybridized carbons (Fsp3) is 0.385. The van der Waals surface area contributed by atoms with Crippen LogP contribution in [0.3, 0.4) is 0 Å². The molecule has 0 radical (unpaired) electrons. The van der Waals surface area contributed by atoms with Crippen molar-refractivity contribution in [1.82, 2.24) is 24.9 Å². The summed E-state index contributed by atoms with van der Waals surface area (Å²) in [4.78, 5) is 17.1. The predicted molar refractivity (Wildman–Crippen MR) is 131 cm³/mol. The van der Waals surface area contributed by atoms with E-state index in [0.29, 0.717) is 19.4 Å². The van der Waals surface area contributed by atoms with Gasteiger partial charge in [0, 0.05) is 57.7 Å². The number of amides is 1. The third-order valence-electron chi connectivity index (χ3n) is 6.15. The number of aryl methyl sites for hydroxylation is 1. The van der Waals surface area contributed by atoms with Gasteiger partial charge >= 0.3 is 0 Å². The fourth-order valence-electron chi connectivity index (χ4n) is 4.07. The van der Waals surface area contributed by atoms with Crippen molar-refractivity contribution in [2.45, 2.75) is 12.8 Å². The first-order valence-electron chi connectivity index (χ1n) is 11.7. The van der Waals surface area contributed by atoms with E-state index in [0.717, 1.165) is 61.1 Å². The van der Waals surface area contributed by atoms with Crippen LogP contribution < -0.4 is 10.1 Å². The van der Waals surface area contributed by atoms with Gasteiger partial charge < -0.3 is 15.0 Å². The summed E-state index contributed by atoms with van der Waals surface area (Å²) >= 11 is 0. The highest BCUT2D eigenvalue weighted by molar-refractivity contribution is 5.76. The lowest BCUT2D eigenvalue weighted by atomic mass is 10.1. The molecule has 0 aliphatic carbocycles. The number of benzene rings is 2. The third-order valence-corrected chi connectivity index (χ3v) is 6.15. The predicted octanol–water partition coefficient (Wildman–Crippen LogP) is 2.98. The molecule has 1 aliphatic rings. The van der Waals surface area contributed by atoms with Gasteiger partial charge in [0.2, 0.25) is 5.91 Å². The van der Waals surface area contributed by atoms with Gasteiger partial charge in [-0.2, -0.15) is 5.10 Å². The number of rotatable bonds is 9. The number of aromatic nitrogens is 2. The first-order valence-corrected chi connectivity index (χ1v) is 11.7. The largest absolute Gasteiger partial charge is 0.497 e. The molecule has 0 spiro atoms. The molecule has 0 saturated carbocycles. The highest BCUT2D eigenvalue weighted by atomic mass is 19.1. The minimum atomic E-state index is -0.299. The number of likely N-dealkylation sites (N-methyl/N-ethyl adjacent to an activating group) is 1. The minimum absolute atomic E-state index is 0.0217. The Hall–Kier alpha value is -3.23.